The van der Waals surface area contributed by atoms with Crippen molar-refractivity contribution in [3.05, 3.63) is 4.77 Å². The Kier molecular flexibility index (Phi) is 1.68. The molecule has 1 fully saturated rings. The summed E-state index contributed by atoms with van der Waals surface area (Å²) in [4.78, 5) is 0. The van der Waals surface area contributed by atoms with Crippen LogP contribution in [-0.4, -0.2) is 14.8 Å². The average molecular weight is 184 g/mol. The molecular weight excluding hydrogens is 172 g/mol. The largest absolute Gasteiger partial charge is 0.368 e. The number of rotatable bonds is 1. The molecule has 66 valence electrons. The number of nitrogens with zero attached hydrogens (tertiary/aromatic N) is 2. The fourth-order valence-electron chi connectivity index (χ4n) is 1.67. The second-order valence-electron chi connectivity index (χ2n) is 3.38. The molecule has 0 spiro atoms. The third kappa shape index (κ3) is 0.964. The van der Waals surface area contributed by atoms with Crippen LogP contribution in [0.3, 0.4) is 0 Å². The number of anilines is 1. The van der Waals surface area contributed by atoms with Gasteiger partial charge in [-0.25, -0.2) is 5.10 Å². The number of nitrogen functional groups attached to an aromatic ring is 1. The monoisotopic (exact) mass is 184 g/mol. The summed E-state index contributed by atoms with van der Waals surface area (Å²) in [5, 5.41) is 6.57. The molecule has 0 aliphatic heterocycles. The van der Waals surface area contributed by atoms with Crippen LogP contribution in [0.25, 0.3) is 0 Å². The quantitative estimate of drug-likeness (QED) is 0.650. The molecular formula is C7H12N4S. The molecule has 2 rings (SSSR count). The fourth-order valence-corrected chi connectivity index (χ4v) is 1.94. The lowest BCUT2D eigenvalue weighted by molar-refractivity contribution is 0.202. The van der Waals surface area contributed by atoms with Gasteiger partial charge in [0.1, 0.15) is 0 Å². The van der Waals surface area contributed by atoms with E-state index in [0.29, 0.717) is 22.7 Å². The van der Waals surface area contributed by atoms with Crippen LogP contribution in [0.1, 0.15) is 25.8 Å². The number of H-pyrrole nitrogens is 1. The molecule has 1 aromatic rings. The summed E-state index contributed by atoms with van der Waals surface area (Å²) >= 11 is 5.07. The maximum absolute atomic E-state index is 5.67. The molecule has 1 aromatic heterocycles. The van der Waals surface area contributed by atoms with E-state index in [1.165, 1.54) is 12.8 Å². The zero-order valence-corrected chi connectivity index (χ0v) is 7.77. The van der Waals surface area contributed by atoms with Gasteiger partial charge in [-0.15, -0.1) is 5.10 Å². The first-order valence-corrected chi connectivity index (χ1v) is 4.53. The van der Waals surface area contributed by atoms with Gasteiger partial charge in [-0.05, 0) is 31.0 Å². The van der Waals surface area contributed by atoms with Crippen LogP contribution in [0.15, 0.2) is 0 Å². The molecule has 3 N–H and O–H groups in total. The maximum atomic E-state index is 5.67. The first kappa shape index (κ1) is 7.79. The first-order chi connectivity index (χ1) is 5.70. The minimum absolute atomic E-state index is 0.469. The van der Waals surface area contributed by atoms with Crippen molar-refractivity contribution < 1.29 is 0 Å². The summed E-state index contributed by atoms with van der Waals surface area (Å²) in [6.45, 7) is 2.21. The zero-order chi connectivity index (χ0) is 8.72. The Bertz CT molecular complexity index is 339. The third-order valence-corrected chi connectivity index (χ3v) is 2.93. The van der Waals surface area contributed by atoms with Crippen molar-refractivity contribution in [3.8, 4) is 0 Å². The average Bonchev–Trinajstić information content (AvgIpc) is 2.33. The van der Waals surface area contributed by atoms with Crippen LogP contribution >= 0.6 is 12.2 Å². The van der Waals surface area contributed by atoms with Crippen molar-refractivity contribution >= 4 is 18.2 Å². The van der Waals surface area contributed by atoms with E-state index in [1.807, 2.05) is 4.57 Å². The lowest BCUT2D eigenvalue weighted by Crippen LogP contribution is -2.27. The summed E-state index contributed by atoms with van der Waals surface area (Å²) in [6, 6.07) is 0.469. The molecule has 1 aliphatic carbocycles. The minimum atomic E-state index is 0.469. The van der Waals surface area contributed by atoms with Gasteiger partial charge in [0.05, 0.1) is 0 Å². The molecule has 0 bridgehead atoms. The van der Waals surface area contributed by atoms with Crippen molar-refractivity contribution in [1.29, 1.82) is 0 Å². The molecule has 12 heavy (non-hydrogen) atoms. The van der Waals surface area contributed by atoms with Crippen LogP contribution in [0.5, 0.6) is 0 Å². The fraction of sp³-hybridized carbons (Fsp3) is 0.714. The summed E-state index contributed by atoms with van der Waals surface area (Å²) in [5.41, 5.74) is 5.67. The van der Waals surface area contributed by atoms with Crippen molar-refractivity contribution in [2.75, 3.05) is 5.73 Å². The van der Waals surface area contributed by atoms with Crippen molar-refractivity contribution in [1.82, 2.24) is 14.8 Å². The van der Waals surface area contributed by atoms with Gasteiger partial charge in [0.2, 0.25) is 5.95 Å². The Labute approximate surface area is 75.8 Å². The van der Waals surface area contributed by atoms with Crippen molar-refractivity contribution in [2.24, 2.45) is 5.92 Å². The summed E-state index contributed by atoms with van der Waals surface area (Å²) in [6.07, 6.45) is 2.43. The third-order valence-electron chi connectivity index (χ3n) is 2.64. The van der Waals surface area contributed by atoms with Gasteiger partial charge in [-0.3, -0.25) is 4.57 Å². The lowest BCUT2D eigenvalue weighted by atomic mass is 9.81. The minimum Gasteiger partial charge on any atom is -0.368 e. The molecule has 1 heterocycles. The van der Waals surface area contributed by atoms with E-state index in [0.717, 1.165) is 0 Å². The number of hydrogen-bond donors (Lipinski definition) is 2. The molecule has 0 saturated heterocycles. The number of aromatic nitrogens is 3. The molecule has 2 atom stereocenters. The van der Waals surface area contributed by atoms with Crippen LogP contribution < -0.4 is 5.73 Å². The van der Waals surface area contributed by atoms with Gasteiger partial charge in [-0.2, -0.15) is 0 Å². The highest BCUT2D eigenvalue weighted by Gasteiger charge is 2.30. The SMILES string of the molecule is CC1CCC1n1c(N)n[nH]c1=S. The molecule has 2 unspecified atom stereocenters. The van der Waals surface area contributed by atoms with Crippen LogP contribution in [0, 0.1) is 10.7 Å². The Balaban J connectivity index is 2.38. The van der Waals surface area contributed by atoms with Gasteiger partial charge in [-0.1, -0.05) is 6.92 Å². The van der Waals surface area contributed by atoms with E-state index in [1.54, 1.807) is 0 Å². The standard InChI is InChI=1S/C7H12N4S/c1-4-2-3-5(4)11-6(8)9-10-7(11)12/h4-5H,2-3H2,1H3,(H2,8,9)(H,10,12). The molecule has 1 saturated carbocycles. The summed E-state index contributed by atoms with van der Waals surface area (Å²) in [5.74, 6) is 1.19. The maximum Gasteiger partial charge on any atom is 0.220 e. The van der Waals surface area contributed by atoms with E-state index in [-0.39, 0.29) is 0 Å². The smallest absolute Gasteiger partial charge is 0.220 e. The normalized spacial score (nSPS) is 28.4. The number of nitrogens with one attached hydrogen (secondary N) is 1. The molecule has 0 amide bonds. The predicted molar refractivity (Wildman–Crippen MR) is 49.3 cm³/mol. The Morgan fingerprint density at radius 2 is 2.42 bits per heavy atom. The van der Waals surface area contributed by atoms with Crippen LogP contribution in [0.2, 0.25) is 0 Å². The van der Waals surface area contributed by atoms with Crippen molar-refractivity contribution in [3.63, 3.8) is 0 Å². The summed E-state index contributed by atoms with van der Waals surface area (Å²) in [7, 11) is 0. The van der Waals surface area contributed by atoms with E-state index < -0.39 is 0 Å². The van der Waals surface area contributed by atoms with Crippen LogP contribution in [-0.2, 0) is 0 Å². The van der Waals surface area contributed by atoms with Gasteiger partial charge in [0.15, 0.2) is 4.77 Å². The summed E-state index contributed by atoms with van der Waals surface area (Å²) < 4.78 is 2.56. The van der Waals surface area contributed by atoms with E-state index in [9.17, 15) is 0 Å². The Hall–Kier alpha value is -0.840. The highest BCUT2D eigenvalue weighted by atomic mass is 32.1. The second kappa shape index (κ2) is 2.58. The lowest BCUT2D eigenvalue weighted by Gasteiger charge is -2.34. The highest BCUT2D eigenvalue weighted by molar-refractivity contribution is 7.71. The Morgan fingerprint density at radius 3 is 2.75 bits per heavy atom. The molecule has 1 aliphatic rings. The molecule has 0 radical (unpaired) electrons. The first-order valence-electron chi connectivity index (χ1n) is 4.12. The van der Waals surface area contributed by atoms with Crippen LogP contribution in [0.4, 0.5) is 5.95 Å². The highest BCUT2D eigenvalue weighted by Crippen LogP contribution is 2.38. The number of aromatic amines is 1. The van der Waals surface area contributed by atoms with Gasteiger partial charge in [0, 0.05) is 6.04 Å². The van der Waals surface area contributed by atoms with Crippen molar-refractivity contribution in [2.45, 2.75) is 25.8 Å². The topological polar surface area (TPSA) is 59.6 Å². The molecule has 4 nitrogen and oxygen atoms in total. The predicted octanol–water partition coefficient (Wildman–Crippen LogP) is 1.49. The van der Waals surface area contributed by atoms with Gasteiger partial charge >= 0.3 is 0 Å². The Morgan fingerprint density at radius 1 is 1.67 bits per heavy atom. The molecule has 5 heteroatoms. The van der Waals surface area contributed by atoms with E-state index in [2.05, 4.69) is 17.1 Å². The van der Waals surface area contributed by atoms with Gasteiger partial charge in [0.25, 0.3) is 0 Å². The number of nitrogens with two attached hydrogens (primary N) is 1. The van der Waals surface area contributed by atoms with E-state index in [4.69, 9.17) is 18.0 Å². The number of hydrogen-bond acceptors (Lipinski definition) is 3. The van der Waals surface area contributed by atoms with E-state index >= 15 is 0 Å². The molecule has 0 aromatic carbocycles. The second-order valence-corrected chi connectivity index (χ2v) is 3.77. The van der Waals surface area contributed by atoms with Gasteiger partial charge < -0.3 is 5.73 Å². The zero-order valence-electron chi connectivity index (χ0n) is 6.95.